The molecule has 2 aromatic rings. The molecule has 0 saturated carbocycles. The van der Waals surface area contributed by atoms with Crippen molar-refractivity contribution in [1.82, 2.24) is 10.2 Å². The van der Waals surface area contributed by atoms with E-state index in [2.05, 4.69) is 5.32 Å². The number of nitrogens with one attached hydrogen (secondary N) is 1. The van der Waals surface area contributed by atoms with Crippen molar-refractivity contribution in [2.24, 2.45) is 0 Å². The first-order chi connectivity index (χ1) is 15.3. The molecule has 2 amide bonds. The van der Waals surface area contributed by atoms with Crippen molar-refractivity contribution in [3.63, 3.8) is 0 Å². The summed E-state index contributed by atoms with van der Waals surface area (Å²) in [7, 11) is 1.59. The predicted molar refractivity (Wildman–Crippen MR) is 121 cm³/mol. The van der Waals surface area contributed by atoms with Crippen LogP contribution >= 0.6 is 11.8 Å². The number of hydrogen-bond donors (Lipinski definition) is 1. The lowest BCUT2D eigenvalue weighted by Crippen LogP contribution is -2.70. The van der Waals surface area contributed by atoms with Gasteiger partial charge in [0.25, 0.3) is 0 Å². The molecule has 0 aromatic heterocycles. The molecule has 8 heteroatoms. The van der Waals surface area contributed by atoms with Gasteiger partial charge in [0.2, 0.25) is 11.8 Å². The van der Waals surface area contributed by atoms with E-state index in [1.807, 2.05) is 56.3 Å². The fraction of sp³-hybridized carbons (Fsp3) is 0.375. The molecule has 2 aliphatic rings. The smallest absolute Gasteiger partial charge is 0.330 e. The summed E-state index contributed by atoms with van der Waals surface area (Å²) in [5, 5.41) is 2.56. The monoisotopic (exact) mass is 454 g/mol. The third-order valence-corrected chi connectivity index (χ3v) is 7.30. The molecule has 4 rings (SSSR count). The number of esters is 1. The van der Waals surface area contributed by atoms with Gasteiger partial charge in [-0.15, -0.1) is 11.8 Å². The SMILES string of the molecule is COc1ccc(COC(=O)C2N3C(=O)C(NC(=O)Cc4ccccc4)[C@H]3SC2(C)C)cc1. The van der Waals surface area contributed by atoms with Gasteiger partial charge in [-0.1, -0.05) is 42.5 Å². The van der Waals surface area contributed by atoms with E-state index in [9.17, 15) is 14.4 Å². The van der Waals surface area contributed by atoms with Crippen molar-refractivity contribution in [3.8, 4) is 5.75 Å². The number of fused-ring (bicyclic) bond motifs is 1. The number of amides is 2. The topological polar surface area (TPSA) is 84.9 Å². The lowest BCUT2D eigenvalue weighted by Gasteiger charge is -2.44. The van der Waals surface area contributed by atoms with E-state index >= 15 is 0 Å². The molecule has 168 valence electrons. The van der Waals surface area contributed by atoms with E-state index in [1.54, 1.807) is 24.1 Å². The number of rotatable bonds is 7. The van der Waals surface area contributed by atoms with Crippen LogP contribution < -0.4 is 10.1 Å². The largest absolute Gasteiger partial charge is 0.497 e. The van der Waals surface area contributed by atoms with Crippen LogP contribution in [0.4, 0.5) is 0 Å². The minimum Gasteiger partial charge on any atom is -0.497 e. The van der Waals surface area contributed by atoms with E-state index in [-0.39, 0.29) is 30.2 Å². The van der Waals surface area contributed by atoms with Crippen LogP contribution in [0.1, 0.15) is 25.0 Å². The quantitative estimate of drug-likeness (QED) is 0.511. The Labute approximate surface area is 191 Å². The Morgan fingerprint density at radius 1 is 1.06 bits per heavy atom. The zero-order valence-electron chi connectivity index (χ0n) is 18.2. The van der Waals surface area contributed by atoms with Gasteiger partial charge in [0, 0.05) is 4.75 Å². The van der Waals surface area contributed by atoms with Crippen LogP contribution in [0.25, 0.3) is 0 Å². The molecule has 2 heterocycles. The fourth-order valence-electron chi connectivity index (χ4n) is 4.09. The molecule has 0 aliphatic carbocycles. The molecular weight excluding hydrogens is 428 g/mol. The first kappa shape index (κ1) is 22.2. The van der Waals surface area contributed by atoms with Crippen LogP contribution in [0, 0.1) is 0 Å². The second-order valence-electron chi connectivity index (χ2n) is 8.42. The van der Waals surface area contributed by atoms with Gasteiger partial charge in [-0.2, -0.15) is 0 Å². The van der Waals surface area contributed by atoms with Crippen molar-refractivity contribution in [2.75, 3.05) is 7.11 Å². The first-order valence-electron chi connectivity index (χ1n) is 10.4. The van der Waals surface area contributed by atoms with Crippen molar-refractivity contribution >= 4 is 29.5 Å². The normalized spacial score (nSPS) is 23.2. The summed E-state index contributed by atoms with van der Waals surface area (Å²) in [4.78, 5) is 39.8. The summed E-state index contributed by atoms with van der Waals surface area (Å²) in [5.74, 6) is -0.176. The van der Waals surface area contributed by atoms with Gasteiger partial charge in [-0.3, -0.25) is 9.59 Å². The molecule has 3 atom stereocenters. The van der Waals surface area contributed by atoms with E-state index in [4.69, 9.17) is 9.47 Å². The van der Waals surface area contributed by atoms with Crippen molar-refractivity contribution < 1.29 is 23.9 Å². The highest BCUT2D eigenvalue weighted by atomic mass is 32.2. The molecule has 2 aromatic carbocycles. The van der Waals surface area contributed by atoms with E-state index in [0.717, 1.165) is 16.9 Å². The molecule has 1 N–H and O–H groups in total. The van der Waals surface area contributed by atoms with Gasteiger partial charge in [-0.25, -0.2) is 4.79 Å². The van der Waals surface area contributed by atoms with Gasteiger partial charge in [0.1, 0.15) is 29.8 Å². The molecule has 0 spiro atoms. The van der Waals surface area contributed by atoms with Gasteiger partial charge in [0.05, 0.1) is 13.5 Å². The highest BCUT2D eigenvalue weighted by Crippen LogP contribution is 2.51. The van der Waals surface area contributed by atoms with Crippen LogP contribution in [0.2, 0.25) is 0 Å². The van der Waals surface area contributed by atoms with E-state index in [0.29, 0.717) is 0 Å². The number of thioether (sulfide) groups is 1. The average molecular weight is 455 g/mol. The van der Waals surface area contributed by atoms with Crippen molar-refractivity contribution in [3.05, 3.63) is 65.7 Å². The summed E-state index contributed by atoms with van der Waals surface area (Å²) in [6.45, 7) is 3.96. The minimum absolute atomic E-state index is 0.115. The Balaban J connectivity index is 1.37. The van der Waals surface area contributed by atoms with Gasteiger partial charge < -0.3 is 19.7 Å². The summed E-state index contributed by atoms with van der Waals surface area (Å²) in [6, 6.07) is 15.3. The Hall–Kier alpha value is -3.00. The summed E-state index contributed by atoms with van der Waals surface area (Å²) in [5.41, 5.74) is 1.72. The van der Waals surface area contributed by atoms with Gasteiger partial charge in [-0.05, 0) is 37.1 Å². The lowest BCUT2D eigenvalue weighted by molar-refractivity contribution is -0.165. The second kappa shape index (κ2) is 8.86. The highest BCUT2D eigenvalue weighted by molar-refractivity contribution is 8.01. The molecule has 32 heavy (non-hydrogen) atoms. The number of benzene rings is 2. The molecule has 2 fully saturated rings. The van der Waals surface area contributed by atoms with Gasteiger partial charge in [0.15, 0.2) is 0 Å². The first-order valence-corrected chi connectivity index (χ1v) is 11.3. The van der Waals surface area contributed by atoms with Gasteiger partial charge >= 0.3 is 5.97 Å². The molecule has 2 saturated heterocycles. The number of ether oxygens (including phenoxy) is 2. The van der Waals surface area contributed by atoms with E-state index in [1.165, 1.54) is 11.8 Å². The number of nitrogens with zero attached hydrogens (tertiary/aromatic N) is 1. The number of methoxy groups -OCH3 is 1. The molecule has 0 radical (unpaired) electrons. The number of hydrogen-bond acceptors (Lipinski definition) is 6. The molecule has 2 aliphatic heterocycles. The maximum Gasteiger partial charge on any atom is 0.330 e. The maximum atomic E-state index is 12.9. The third kappa shape index (κ3) is 4.32. The predicted octanol–water partition coefficient (Wildman–Crippen LogP) is 2.53. The molecule has 2 unspecified atom stereocenters. The maximum absolute atomic E-state index is 12.9. The molecule has 0 bridgehead atoms. The van der Waals surface area contributed by atoms with Crippen LogP contribution in [-0.4, -0.2) is 52.0 Å². The Bertz CT molecular complexity index is 1010. The van der Waals surface area contributed by atoms with Crippen LogP contribution in [0.3, 0.4) is 0 Å². The Morgan fingerprint density at radius 2 is 1.75 bits per heavy atom. The molecule has 7 nitrogen and oxygen atoms in total. The summed E-state index contributed by atoms with van der Waals surface area (Å²) in [6.07, 6.45) is 0.207. The van der Waals surface area contributed by atoms with Crippen molar-refractivity contribution in [2.45, 2.75) is 49.1 Å². The Kier molecular flexibility index (Phi) is 6.15. The zero-order chi connectivity index (χ0) is 22.9. The highest BCUT2D eigenvalue weighted by Gasteiger charge is 2.64. The average Bonchev–Trinajstić information content (AvgIpc) is 3.04. The van der Waals surface area contributed by atoms with E-state index < -0.39 is 22.8 Å². The number of carbonyl (C=O) groups is 3. The lowest BCUT2D eigenvalue weighted by atomic mass is 9.96. The molecular formula is C24H26N2O5S. The number of β-lactam (4-membered cyclic amide) rings is 1. The third-order valence-electron chi connectivity index (χ3n) is 5.73. The summed E-state index contributed by atoms with van der Waals surface area (Å²) >= 11 is 1.51. The van der Waals surface area contributed by atoms with Crippen LogP contribution in [0.15, 0.2) is 54.6 Å². The number of carbonyl (C=O) groups excluding carboxylic acids is 3. The standard InChI is InChI=1S/C24H26N2O5S/c1-24(2)20(23(29)31-14-16-9-11-17(30-3)12-10-16)26-21(28)19(22(26)32-24)25-18(27)13-15-7-5-4-6-8-15/h4-12,19-20,22H,13-14H2,1-3H3,(H,25,27)/t19?,20?,22-/m1/s1. The fourth-order valence-corrected chi connectivity index (χ4v) is 5.71. The minimum atomic E-state index is -0.703. The Morgan fingerprint density at radius 3 is 2.41 bits per heavy atom. The van der Waals surface area contributed by atoms with Crippen LogP contribution in [0.5, 0.6) is 5.75 Å². The summed E-state index contributed by atoms with van der Waals surface area (Å²) < 4.78 is 10.1. The van der Waals surface area contributed by atoms with Crippen LogP contribution in [-0.2, 0) is 32.1 Å². The second-order valence-corrected chi connectivity index (χ2v) is 10.2. The van der Waals surface area contributed by atoms with Crippen molar-refractivity contribution in [1.29, 1.82) is 0 Å². The zero-order valence-corrected chi connectivity index (χ0v) is 19.1.